The number of fused-ring (bicyclic) bond motifs is 2. The maximum Gasteiger partial charge on any atom is 0.108 e. The Kier molecular flexibility index (Phi) is 4.43. The molecule has 2 saturated heterocycles. The Morgan fingerprint density at radius 3 is 2.08 bits per heavy atom. The van der Waals surface area contributed by atoms with Gasteiger partial charge in [0.05, 0.1) is 6.10 Å². The van der Waals surface area contributed by atoms with Crippen molar-refractivity contribution in [3.63, 3.8) is 0 Å². The Labute approximate surface area is 145 Å². The second kappa shape index (κ2) is 6.70. The number of hydrogen-bond acceptors (Lipinski definition) is 2. The van der Waals surface area contributed by atoms with Crippen molar-refractivity contribution < 1.29 is 4.74 Å². The Morgan fingerprint density at radius 1 is 0.875 bits per heavy atom. The van der Waals surface area contributed by atoms with Crippen LogP contribution in [0.15, 0.2) is 54.6 Å². The van der Waals surface area contributed by atoms with Crippen molar-refractivity contribution >= 4 is 0 Å². The highest BCUT2D eigenvalue weighted by molar-refractivity contribution is 5.32. The van der Waals surface area contributed by atoms with E-state index in [1.54, 1.807) is 0 Å². The number of piperidine rings is 1. The van der Waals surface area contributed by atoms with Crippen LogP contribution in [0.2, 0.25) is 0 Å². The molecule has 2 aromatic rings. The molecule has 0 amide bonds. The average Bonchev–Trinajstić information content (AvgIpc) is 2.83. The molecule has 4 rings (SSSR count). The molecule has 0 aliphatic carbocycles. The molecule has 4 atom stereocenters. The van der Waals surface area contributed by atoms with Crippen LogP contribution in [0.3, 0.4) is 0 Å². The Balaban J connectivity index is 1.58. The number of nitrogens with zero attached hydrogens (tertiary/aromatic N) is 1. The fourth-order valence-electron chi connectivity index (χ4n) is 4.38. The lowest BCUT2D eigenvalue weighted by Gasteiger charge is -2.38. The van der Waals surface area contributed by atoms with E-state index in [0.29, 0.717) is 18.2 Å². The lowest BCUT2D eigenvalue weighted by atomic mass is 9.97. The Morgan fingerprint density at radius 2 is 1.46 bits per heavy atom. The molecule has 2 fully saturated rings. The molecule has 0 N–H and O–H groups in total. The molecule has 2 aromatic carbocycles. The normalized spacial score (nSPS) is 28.0. The Bertz CT molecular complexity index is 652. The molecule has 0 saturated carbocycles. The molecule has 2 heterocycles. The summed E-state index contributed by atoms with van der Waals surface area (Å²) in [6.45, 7) is 2.14. The molecule has 2 aliphatic heterocycles. The largest absolute Gasteiger partial charge is 0.365 e. The summed E-state index contributed by atoms with van der Waals surface area (Å²) in [7, 11) is 2.28. The van der Waals surface area contributed by atoms with Crippen LogP contribution in [0, 0.1) is 6.92 Å². The third-order valence-electron chi connectivity index (χ3n) is 5.87. The minimum Gasteiger partial charge on any atom is -0.365 e. The predicted octanol–water partition coefficient (Wildman–Crippen LogP) is 4.73. The van der Waals surface area contributed by atoms with Gasteiger partial charge in [0.15, 0.2) is 0 Å². The topological polar surface area (TPSA) is 12.5 Å². The van der Waals surface area contributed by atoms with Crippen LogP contribution in [0.5, 0.6) is 0 Å². The van der Waals surface area contributed by atoms with E-state index < -0.39 is 0 Å². The van der Waals surface area contributed by atoms with Gasteiger partial charge in [-0.3, -0.25) is 0 Å². The highest BCUT2D eigenvalue weighted by atomic mass is 16.5. The van der Waals surface area contributed by atoms with E-state index in [2.05, 4.69) is 73.5 Å². The smallest absolute Gasteiger partial charge is 0.108 e. The van der Waals surface area contributed by atoms with Crippen molar-refractivity contribution in [2.75, 3.05) is 7.05 Å². The van der Waals surface area contributed by atoms with Gasteiger partial charge in [-0.25, -0.2) is 0 Å². The molecule has 2 aliphatic rings. The molecule has 24 heavy (non-hydrogen) atoms. The number of ether oxygens (including phenoxy) is 1. The molecule has 0 radical (unpaired) electrons. The van der Waals surface area contributed by atoms with E-state index in [0.717, 1.165) is 0 Å². The van der Waals surface area contributed by atoms with Gasteiger partial charge >= 0.3 is 0 Å². The lowest BCUT2D eigenvalue weighted by Crippen LogP contribution is -2.43. The van der Waals surface area contributed by atoms with Crippen LogP contribution in [0.25, 0.3) is 0 Å². The number of aryl methyl sites for hydroxylation is 1. The number of hydrogen-bond donors (Lipinski definition) is 0. The lowest BCUT2D eigenvalue weighted by molar-refractivity contribution is -0.0426. The first-order chi connectivity index (χ1) is 11.7. The quantitative estimate of drug-likeness (QED) is 0.807. The molecular weight excluding hydrogens is 294 g/mol. The second-order valence-corrected chi connectivity index (χ2v) is 7.48. The summed E-state index contributed by atoms with van der Waals surface area (Å²) in [5.74, 6) is 0. The van der Waals surface area contributed by atoms with Gasteiger partial charge in [-0.15, -0.1) is 0 Å². The van der Waals surface area contributed by atoms with Crippen LogP contribution >= 0.6 is 0 Å². The third-order valence-corrected chi connectivity index (χ3v) is 5.87. The highest BCUT2D eigenvalue weighted by Crippen LogP contribution is 2.38. The van der Waals surface area contributed by atoms with Gasteiger partial charge in [0.25, 0.3) is 0 Å². The second-order valence-electron chi connectivity index (χ2n) is 7.48. The van der Waals surface area contributed by atoms with Gasteiger partial charge in [-0.1, -0.05) is 60.2 Å². The minimum absolute atomic E-state index is 0.0413. The minimum atomic E-state index is 0.0413. The van der Waals surface area contributed by atoms with E-state index in [4.69, 9.17) is 4.74 Å². The van der Waals surface area contributed by atoms with Crippen molar-refractivity contribution in [1.29, 1.82) is 0 Å². The van der Waals surface area contributed by atoms with Gasteiger partial charge in [-0.05, 0) is 50.8 Å². The summed E-state index contributed by atoms with van der Waals surface area (Å²) < 4.78 is 6.71. The van der Waals surface area contributed by atoms with Crippen LogP contribution in [-0.4, -0.2) is 30.1 Å². The van der Waals surface area contributed by atoms with Gasteiger partial charge in [0.2, 0.25) is 0 Å². The molecule has 2 heteroatoms. The fourth-order valence-corrected chi connectivity index (χ4v) is 4.38. The van der Waals surface area contributed by atoms with Gasteiger partial charge < -0.3 is 9.64 Å². The molecular formula is C22H27NO. The van der Waals surface area contributed by atoms with Crippen LogP contribution in [0.4, 0.5) is 0 Å². The zero-order chi connectivity index (χ0) is 16.5. The van der Waals surface area contributed by atoms with Crippen molar-refractivity contribution in [3.05, 3.63) is 71.3 Å². The zero-order valence-corrected chi connectivity index (χ0v) is 14.7. The first kappa shape index (κ1) is 15.9. The summed E-state index contributed by atoms with van der Waals surface area (Å²) in [5, 5.41) is 0. The molecule has 0 spiro atoms. The highest BCUT2D eigenvalue weighted by Gasteiger charge is 2.39. The Hall–Kier alpha value is -1.64. The SMILES string of the molecule is Cc1ccc(C(OC2C[C@H]3CC[C@@H](C2)N3C)c2ccccc2)cc1. The van der Waals surface area contributed by atoms with E-state index >= 15 is 0 Å². The van der Waals surface area contributed by atoms with Gasteiger partial charge in [-0.2, -0.15) is 0 Å². The van der Waals surface area contributed by atoms with E-state index in [1.165, 1.54) is 42.4 Å². The summed E-state index contributed by atoms with van der Waals surface area (Å²) in [6.07, 6.45) is 5.41. The molecule has 0 aromatic heterocycles. The summed E-state index contributed by atoms with van der Waals surface area (Å²) >= 11 is 0. The maximum atomic E-state index is 6.71. The maximum absolute atomic E-state index is 6.71. The number of rotatable bonds is 4. The number of benzene rings is 2. The van der Waals surface area contributed by atoms with Crippen molar-refractivity contribution in [2.24, 2.45) is 0 Å². The third kappa shape index (κ3) is 3.13. The molecule has 126 valence electrons. The first-order valence-electron chi connectivity index (χ1n) is 9.19. The monoisotopic (exact) mass is 321 g/mol. The van der Waals surface area contributed by atoms with Crippen molar-refractivity contribution in [2.45, 2.75) is 56.9 Å². The molecule has 2 unspecified atom stereocenters. The first-order valence-corrected chi connectivity index (χ1v) is 9.19. The van der Waals surface area contributed by atoms with E-state index in [9.17, 15) is 0 Å². The zero-order valence-electron chi connectivity index (χ0n) is 14.7. The van der Waals surface area contributed by atoms with Crippen LogP contribution in [0.1, 0.15) is 48.5 Å². The van der Waals surface area contributed by atoms with Gasteiger partial charge in [0, 0.05) is 12.1 Å². The summed E-state index contributed by atoms with van der Waals surface area (Å²) in [6, 6.07) is 20.9. The molecule has 2 nitrogen and oxygen atoms in total. The fraction of sp³-hybridized carbons (Fsp3) is 0.455. The summed E-state index contributed by atoms with van der Waals surface area (Å²) in [5.41, 5.74) is 3.81. The van der Waals surface area contributed by atoms with E-state index in [1.807, 2.05) is 0 Å². The van der Waals surface area contributed by atoms with Gasteiger partial charge in [0.1, 0.15) is 6.10 Å². The van der Waals surface area contributed by atoms with Crippen LogP contribution in [-0.2, 0) is 4.74 Å². The van der Waals surface area contributed by atoms with Crippen molar-refractivity contribution in [1.82, 2.24) is 4.90 Å². The predicted molar refractivity (Wildman–Crippen MR) is 98.1 cm³/mol. The summed E-state index contributed by atoms with van der Waals surface area (Å²) in [4.78, 5) is 2.57. The van der Waals surface area contributed by atoms with Crippen molar-refractivity contribution in [3.8, 4) is 0 Å². The average molecular weight is 321 g/mol. The standard InChI is InChI=1S/C22H27NO/c1-16-8-10-18(11-9-16)22(17-6-4-3-5-7-17)24-21-14-19-12-13-20(15-21)23(19)2/h3-11,19-22H,12-15H2,1-2H3/t19-,20+,21?,22?. The van der Waals surface area contributed by atoms with Crippen LogP contribution < -0.4 is 0 Å². The molecule has 2 bridgehead atoms. The van der Waals surface area contributed by atoms with E-state index in [-0.39, 0.29) is 6.10 Å².